The zero-order valence-corrected chi connectivity index (χ0v) is 18.7. The van der Waals surface area contributed by atoms with Crippen molar-refractivity contribution in [2.24, 2.45) is 17.8 Å². The van der Waals surface area contributed by atoms with Crippen molar-refractivity contribution in [1.82, 2.24) is 19.6 Å². The molecule has 3 aliphatic rings. The second kappa shape index (κ2) is 10.6. The maximum absolute atomic E-state index is 2.74. The molecule has 3 rings (SSSR count). The lowest BCUT2D eigenvalue weighted by atomic mass is 9.87. The predicted octanol–water partition coefficient (Wildman–Crippen LogP) is 3.09. The van der Waals surface area contributed by atoms with Gasteiger partial charge in [0.2, 0.25) is 0 Å². The van der Waals surface area contributed by atoms with Crippen LogP contribution in [0.5, 0.6) is 0 Å². The summed E-state index contributed by atoms with van der Waals surface area (Å²) in [6.45, 7) is 23.8. The molecule has 158 valence electrons. The molecule has 3 fully saturated rings. The number of rotatable bonds is 7. The third-order valence-electron chi connectivity index (χ3n) is 7.67. The van der Waals surface area contributed by atoms with E-state index in [1.54, 1.807) is 0 Å². The summed E-state index contributed by atoms with van der Waals surface area (Å²) in [4.78, 5) is 10.8. The van der Waals surface area contributed by atoms with Gasteiger partial charge in [0, 0.05) is 51.9 Å². The summed E-state index contributed by atoms with van der Waals surface area (Å²) in [6, 6.07) is 0.714. The molecule has 3 aliphatic heterocycles. The van der Waals surface area contributed by atoms with Crippen molar-refractivity contribution in [2.75, 3.05) is 72.0 Å². The minimum atomic E-state index is 0.714. The van der Waals surface area contributed by atoms with E-state index in [-0.39, 0.29) is 0 Å². The molecule has 4 nitrogen and oxygen atoms in total. The average Bonchev–Trinajstić information content (AvgIpc) is 2.68. The van der Waals surface area contributed by atoms with Gasteiger partial charge in [-0.2, -0.15) is 0 Å². The first kappa shape index (κ1) is 21.5. The van der Waals surface area contributed by atoms with Crippen molar-refractivity contribution in [2.45, 2.75) is 59.4 Å². The van der Waals surface area contributed by atoms with E-state index < -0.39 is 0 Å². The largest absolute Gasteiger partial charge is 0.302 e. The lowest BCUT2D eigenvalue weighted by Gasteiger charge is -2.40. The second-order valence-electron chi connectivity index (χ2n) is 10.1. The molecule has 0 unspecified atom stereocenters. The van der Waals surface area contributed by atoms with E-state index in [1.165, 1.54) is 97.7 Å². The lowest BCUT2D eigenvalue weighted by molar-refractivity contribution is 0.0768. The van der Waals surface area contributed by atoms with Gasteiger partial charge in [-0.15, -0.1) is 0 Å². The minimum absolute atomic E-state index is 0.714. The van der Waals surface area contributed by atoms with Crippen LogP contribution in [0.3, 0.4) is 0 Å². The van der Waals surface area contributed by atoms with Crippen molar-refractivity contribution in [3.63, 3.8) is 0 Å². The summed E-state index contributed by atoms with van der Waals surface area (Å²) in [5, 5.41) is 0. The van der Waals surface area contributed by atoms with E-state index >= 15 is 0 Å². The van der Waals surface area contributed by atoms with E-state index in [4.69, 9.17) is 0 Å². The fourth-order valence-corrected chi connectivity index (χ4v) is 5.35. The van der Waals surface area contributed by atoms with Gasteiger partial charge in [-0.05, 0) is 83.5 Å². The van der Waals surface area contributed by atoms with Crippen LogP contribution in [-0.4, -0.2) is 97.6 Å². The molecule has 0 aliphatic carbocycles. The maximum Gasteiger partial charge on any atom is 0.0113 e. The average molecular weight is 379 g/mol. The maximum atomic E-state index is 2.74. The van der Waals surface area contributed by atoms with Gasteiger partial charge < -0.3 is 14.7 Å². The van der Waals surface area contributed by atoms with Gasteiger partial charge in [0.15, 0.2) is 0 Å². The van der Waals surface area contributed by atoms with Crippen LogP contribution in [0.1, 0.15) is 53.4 Å². The molecule has 0 atom stereocenters. The number of piperazine rings is 1. The van der Waals surface area contributed by atoms with Crippen molar-refractivity contribution >= 4 is 0 Å². The van der Waals surface area contributed by atoms with Gasteiger partial charge in [0.05, 0.1) is 0 Å². The van der Waals surface area contributed by atoms with Crippen LogP contribution in [-0.2, 0) is 0 Å². The number of hydrogen-bond acceptors (Lipinski definition) is 4. The van der Waals surface area contributed by atoms with E-state index in [0.29, 0.717) is 6.04 Å². The van der Waals surface area contributed by atoms with Crippen LogP contribution in [0, 0.1) is 17.8 Å². The molecule has 0 N–H and O–H groups in total. The summed E-state index contributed by atoms with van der Waals surface area (Å²) < 4.78 is 0. The molecule has 0 radical (unpaired) electrons. The number of nitrogens with zero attached hydrogens (tertiary/aromatic N) is 4. The highest BCUT2D eigenvalue weighted by atomic mass is 15.3. The van der Waals surface area contributed by atoms with Gasteiger partial charge >= 0.3 is 0 Å². The summed E-state index contributed by atoms with van der Waals surface area (Å²) in [6.07, 6.45) is 5.67. The molecule has 0 aromatic rings. The molecule has 0 amide bonds. The Morgan fingerprint density at radius 2 is 1.15 bits per heavy atom. The van der Waals surface area contributed by atoms with E-state index in [1.807, 2.05) is 0 Å². The van der Waals surface area contributed by atoms with Gasteiger partial charge in [0.25, 0.3) is 0 Å². The van der Waals surface area contributed by atoms with E-state index in [9.17, 15) is 0 Å². The molecule has 4 heteroatoms. The standard InChI is InChI=1S/C23H46N4/c1-20(2)23-7-11-25(12-8-23)14-13-24-9-5-22(6-10-24)19-26-15-17-27(18-16-26)21(3)4/h20-23H,5-19H2,1-4H3. The SMILES string of the molecule is CC(C)C1CCN(CCN2CCC(CN3CCN(C(C)C)CC3)CC2)CC1. The molecule has 0 aromatic heterocycles. The smallest absolute Gasteiger partial charge is 0.0113 e. The van der Waals surface area contributed by atoms with E-state index in [0.717, 1.165) is 17.8 Å². The minimum Gasteiger partial charge on any atom is -0.302 e. The molecule has 0 bridgehead atoms. The Morgan fingerprint density at radius 1 is 0.630 bits per heavy atom. The Kier molecular flexibility index (Phi) is 8.43. The Hall–Kier alpha value is -0.160. The zero-order valence-electron chi connectivity index (χ0n) is 18.7. The van der Waals surface area contributed by atoms with Crippen LogP contribution in [0.2, 0.25) is 0 Å². The predicted molar refractivity (Wildman–Crippen MR) is 116 cm³/mol. The van der Waals surface area contributed by atoms with Gasteiger partial charge in [-0.3, -0.25) is 4.90 Å². The number of likely N-dealkylation sites (tertiary alicyclic amines) is 2. The van der Waals surface area contributed by atoms with Gasteiger partial charge in [-0.1, -0.05) is 13.8 Å². The van der Waals surface area contributed by atoms with Crippen molar-refractivity contribution in [3.8, 4) is 0 Å². The molecule has 27 heavy (non-hydrogen) atoms. The Morgan fingerprint density at radius 3 is 1.63 bits per heavy atom. The first-order valence-corrected chi connectivity index (χ1v) is 11.9. The highest BCUT2D eigenvalue weighted by Gasteiger charge is 2.25. The van der Waals surface area contributed by atoms with Crippen molar-refractivity contribution in [3.05, 3.63) is 0 Å². The summed E-state index contributed by atoms with van der Waals surface area (Å²) >= 11 is 0. The Balaban J connectivity index is 1.26. The fraction of sp³-hybridized carbons (Fsp3) is 1.00. The molecular weight excluding hydrogens is 332 g/mol. The third kappa shape index (κ3) is 6.69. The first-order chi connectivity index (χ1) is 13.0. The normalized spacial score (nSPS) is 26.4. The highest BCUT2D eigenvalue weighted by Crippen LogP contribution is 2.24. The monoisotopic (exact) mass is 378 g/mol. The van der Waals surface area contributed by atoms with Crippen molar-refractivity contribution in [1.29, 1.82) is 0 Å². The molecule has 0 spiro atoms. The summed E-state index contributed by atoms with van der Waals surface area (Å²) in [5.41, 5.74) is 0. The van der Waals surface area contributed by atoms with Gasteiger partial charge in [0.1, 0.15) is 0 Å². The fourth-order valence-electron chi connectivity index (χ4n) is 5.35. The Bertz CT molecular complexity index is 401. The molecule has 0 aromatic carbocycles. The molecular formula is C23H46N4. The summed E-state index contributed by atoms with van der Waals surface area (Å²) in [5.74, 6) is 2.78. The van der Waals surface area contributed by atoms with Crippen LogP contribution in [0.4, 0.5) is 0 Å². The van der Waals surface area contributed by atoms with Crippen LogP contribution in [0.15, 0.2) is 0 Å². The van der Waals surface area contributed by atoms with Crippen LogP contribution >= 0.6 is 0 Å². The first-order valence-electron chi connectivity index (χ1n) is 11.9. The van der Waals surface area contributed by atoms with Crippen LogP contribution < -0.4 is 0 Å². The van der Waals surface area contributed by atoms with Gasteiger partial charge in [-0.25, -0.2) is 0 Å². The topological polar surface area (TPSA) is 13.0 Å². The lowest BCUT2D eigenvalue weighted by Crippen LogP contribution is -2.50. The number of hydrogen-bond donors (Lipinski definition) is 0. The number of piperidine rings is 2. The molecule has 3 saturated heterocycles. The third-order valence-corrected chi connectivity index (χ3v) is 7.67. The van der Waals surface area contributed by atoms with E-state index in [2.05, 4.69) is 47.3 Å². The van der Waals surface area contributed by atoms with Crippen LogP contribution in [0.25, 0.3) is 0 Å². The quantitative estimate of drug-likeness (QED) is 0.675. The highest BCUT2D eigenvalue weighted by molar-refractivity contribution is 4.80. The zero-order chi connectivity index (χ0) is 19.2. The molecule has 3 heterocycles. The Labute approximate surface area is 169 Å². The van der Waals surface area contributed by atoms with Crippen molar-refractivity contribution < 1.29 is 0 Å². The molecule has 0 saturated carbocycles. The summed E-state index contributed by atoms with van der Waals surface area (Å²) in [7, 11) is 0. The second-order valence-corrected chi connectivity index (χ2v) is 10.1.